The van der Waals surface area contributed by atoms with Crippen molar-refractivity contribution in [3.8, 4) is 11.5 Å². The molecule has 18 heavy (non-hydrogen) atoms. The maximum Gasteiger partial charge on any atom is 0.260 e. The first-order valence-electron chi connectivity index (χ1n) is 5.55. The third-order valence-corrected chi connectivity index (χ3v) is 2.61. The Bertz CT molecular complexity index is 542. The summed E-state index contributed by atoms with van der Waals surface area (Å²) in [6, 6.07) is 3.41. The zero-order valence-corrected chi connectivity index (χ0v) is 10.1. The Hall–Kier alpha value is -1.82. The molecule has 6 heteroatoms. The van der Waals surface area contributed by atoms with Crippen LogP contribution >= 0.6 is 0 Å². The number of likely N-dealkylation sites (N-methyl/N-ethyl adjacent to an activating group) is 1. The van der Waals surface area contributed by atoms with Crippen LogP contribution in [0.5, 0.6) is 0 Å². The highest BCUT2D eigenvalue weighted by atomic mass is 19.1. The standard InChI is InChI=1S/C12H13F2N3O/c1-7(15-2)5-11-16-12(18-17-11)9-4-3-8(13)6-10(9)14/h3-4,6-7,15H,5H2,1-2H3. The average Bonchev–Trinajstić information content (AvgIpc) is 2.77. The van der Waals surface area contributed by atoms with Gasteiger partial charge in [0.1, 0.15) is 11.6 Å². The molecule has 4 nitrogen and oxygen atoms in total. The van der Waals surface area contributed by atoms with Gasteiger partial charge in [0.2, 0.25) is 0 Å². The van der Waals surface area contributed by atoms with Gasteiger partial charge in [-0.1, -0.05) is 5.16 Å². The lowest BCUT2D eigenvalue weighted by molar-refractivity contribution is 0.416. The summed E-state index contributed by atoms with van der Waals surface area (Å²) < 4.78 is 31.2. The number of aromatic nitrogens is 2. The fraction of sp³-hybridized carbons (Fsp3) is 0.333. The summed E-state index contributed by atoms with van der Waals surface area (Å²) in [6.07, 6.45) is 0.572. The second-order valence-corrected chi connectivity index (χ2v) is 4.03. The molecule has 1 aromatic carbocycles. The van der Waals surface area contributed by atoms with Crippen LogP contribution in [0.3, 0.4) is 0 Å². The van der Waals surface area contributed by atoms with Crippen LogP contribution in [0.25, 0.3) is 11.5 Å². The maximum atomic E-state index is 13.5. The van der Waals surface area contributed by atoms with Crippen LogP contribution in [-0.4, -0.2) is 23.2 Å². The van der Waals surface area contributed by atoms with Gasteiger partial charge in [0.15, 0.2) is 5.82 Å². The molecular weight excluding hydrogens is 240 g/mol. The zero-order valence-electron chi connectivity index (χ0n) is 10.1. The second kappa shape index (κ2) is 5.22. The number of halogens is 2. The van der Waals surface area contributed by atoms with Crippen molar-refractivity contribution >= 4 is 0 Å². The van der Waals surface area contributed by atoms with Gasteiger partial charge in [-0.25, -0.2) is 8.78 Å². The van der Waals surface area contributed by atoms with Crippen molar-refractivity contribution in [2.24, 2.45) is 0 Å². The van der Waals surface area contributed by atoms with Crippen LogP contribution in [0.4, 0.5) is 8.78 Å². The van der Waals surface area contributed by atoms with Gasteiger partial charge in [0.25, 0.3) is 5.89 Å². The Labute approximate surface area is 103 Å². The van der Waals surface area contributed by atoms with Crippen LogP contribution in [0.2, 0.25) is 0 Å². The maximum absolute atomic E-state index is 13.5. The van der Waals surface area contributed by atoms with Crippen LogP contribution in [0, 0.1) is 11.6 Å². The fourth-order valence-electron chi connectivity index (χ4n) is 1.49. The van der Waals surface area contributed by atoms with Crippen molar-refractivity contribution < 1.29 is 13.3 Å². The molecule has 0 fully saturated rings. The molecule has 1 unspecified atom stereocenters. The number of hydrogen-bond donors (Lipinski definition) is 1. The minimum atomic E-state index is -0.716. The molecule has 1 N–H and O–H groups in total. The monoisotopic (exact) mass is 253 g/mol. The van der Waals surface area contributed by atoms with Gasteiger partial charge in [0.05, 0.1) is 5.56 Å². The van der Waals surface area contributed by atoms with Crippen molar-refractivity contribution in [1.29, 1.82) is 0 Å². The molecule has 0 amide bonds. The summed E-state index contributed by atoms with van der Waals surface area (Å²) in [5, 5.41) is 6.79. The van der Waals surface area contributed by atoms with Crippen LogP contribution in [0.15, 0.2) is 22.7 Å². The van der Waals surface area contributed by atoms with Crippen molar-refractivity contribution in [2.75, 3.05) is 7.05 Å². The third-order valence-electron chi connectivity index (χ3n) is 2.61. The third kappa shape index (κ3) is 2.70. The molecule has 0 aliphatic heterocycles. The molecule has 96 valence electrons. The molecule has 0 spiro atoms. The smallest absolute Gasteiger partial charge is 0.260 e. The first-order valence-corrected chi connectivity index (χ1v) is 5.55. The van der Waals surface area contributed by atoms with Gasteiger partial charge in [-0.15, -0.1) is 0 Å². The number of benzene rings is 1. The van der Waals surface area contributed by atoms with Gasteiger partial charge in [-0.2, -0.15) is 4.98 Å². The van der Waals surface area contributed by atoms with Crippen molar-refractivity contribution in [1.82, 2.24) is 15.5 Å². The normalized spacial score (nSPS) is 12.7. The fourth-order valence-corrected chi connectivity index (χ4v) is 1.49. The molecule has 0 radical (unpaired) electrons. The summed E-state index contributed by atoms with van der Waals surface area (Å²) in [4.78, 5) is 4.08. The highest BCUT2D eigenvalue weighted by molar-refractivity contribution is 5.53. The van der Waals surface area contributed by atoms with Gasteiger partial charge < -0.3 is 9.84 Å². The van der Waals surface area contributed by atoms with E-state index in [1.807, 2.05) is 14.0 Å². The van der Waals surface area contributed by atoms with E-state index in [4.69, 9.17) is 4.52 Å². The lowest BCUT2D eigenvalue weighted by Gasteiger charge is -2.04. The van der Waals surface area contributed by atoms with Gasteiger partial charge in [-0.05, 0) is 26.1 Å². The minimum Gasteiger partial charge on any atom is -0.334 e. The predicted octanol–water partition coefficient (Wildman–Crippen LogP) is 2.17. The van der Waals surface area contributed by atoms with E-state index in [-0.39, 0.29) is 17.5 Å². The summed E-state index contributed by atoms with van der Waals surface area (Å²) in [5.41, 5.74) is 0.104. The molecule has 0 saturated carbocycles. The lowest BCUT2D eigenvalue weighted by atomic mass is 10.2. The Morgan fingerprint density at radius 2 is 2.17 bits per heavy atom. The van der Waals surface area contributed by atoms with Crippen LogP contribution in [-0.2, 0) is 6.42 Å². The van der Waals surface area contributed by atoms with Crippen molar-refractivity contribution in [3.05, 3.63) is 35.7 Å². The molecule has 0 bridgehead atoms. The van der Waals surface area contributed by atoms with E-state index in [1.54, 1.807) is 0 Å². The molecule has 1 atom stereocenters. The largest absolute Gasteiger partial charge is 0.334 e. The van der Waals surface area contributed by atoms with Gasteiger partial charge in [0, 0.05) is 18.5 Å². The van der Waals surface area contributed by atoms with Gasteiger partial charge >= 0.3 is 0 Å². The molecule has 1 heterocycles. The van der Waals surface area contributed by atoms with Crippen LogP contribution < -0.4 is 5.32 Å². The highest BCUT2D eigenvalue weighted by Gasteiger charge is 2.14. The predicted molar refractivity (Wildman–Crippen MR) is 61.9 cm³/mol. The number of hydrogen-bond acceptors (Lipinski definition) is 4. The number of nitrogens with one attached hydrogen (secondary N) is 1. The van der Waals surface area contributed by atoms with E-state index < -0.39 is 11.6 Å². The first-order chi connectivity index (χ1) is 8.60. The molecule has 1 aromatic heterocycles. The van der Waals surface area contributed by atoms with Crippen molar-refractivity contribution in [3.63, 3.8) is 0 Å². The van der Waals surface area contributed by atoms with E-state index in [2.05, 4.69) is 15.5 Å². The Balaban J connectivity index is 2.24. The summed E-state index contributed by atoms with van der Waals surface area (Å²) in [6.45, 7) is 1.97. The molecule has 0 aliphatic carbocycles. The minimum absolute atomic E-state index is 0.0609. The Kier molecular flexibility index (Phi) is 3.66. The molecular formula is C12H13F2N3O. The van der Waals surface area contributed by atoms with Gasteiger partial charge in [-0.3, -0.25) is 0 Å². The van der Waals surface area contributed by atoms with E-state index in [0.29, 0.717) is 12.2 Å². The van der Waals surface area contributed by atoms with Crippen LogP contribution in [0.1, 0.15) is 12.7 Å². The second-order valence-electron chi connectivity index (χ2n) is 4.03. The van der Waals surface area contributed by atoms with Crippen molar-refractivity contribution in [2.45, 2.75) is 19.4 Å². The quantitative estimate of drug-likeness (QED) is 0.907. The SMILES string of the molecule is CNC(C)Cc1noc(-c2ccc(F)cc2F)n1. The zero-order chi connectivity index (χ0) is 13.1. The number of nitrogens with zero attached hydrogens (tertiary/aromatic N) is 2. The molecule has 2 rings (SSSR count). The molecule has 0 aliphatic rings. The Morgan fingerprint density at radius 3 is 2.83 bits per heavy atom. The molecule has 2 aromatic rings. The van der Waals surface area contributed by atoms with E-state index in [0.717, 1.165) is 12.1 Å². The summed E-state index contributed by atoms with van der Waals surface area (Å²) in [7, 11) is 1.82. The average molecular weight is 253 g/mol. The summed E-state index contributed by atoms with van der Waals surface area (Å²) in [5.74, 6) is -0.812. The summed E-state index contributed by atoms with van der Waals surface area (Å²) >= 11 is 0. The highest BCUT2D eigenvalue weighted by Crippen LogP contribution is 2.21. The van der Waals surface area contributed by atoms with E-state index in [1.165, 1.54) is 6.07 Å². The lowest BCUT2D eigenvalue weighted by Crippen LogP contribution is -2.24. The first kappa shape index (κ1) is 12.6. The van der Waals surface area contributed by atoms with E-state index in [9.17, 15) is 8.78 Å². The number of rotatable bonds is 4. The topological polar surface area (TPSA) is 51.0 Å². The molecule has 0 saturated heterocycles. The van der Waals surface area contributed by atoms with E-state index >= 15 is 0 Å². The Morgan fingerprint density at radius 1 is 1.39 bits per heavy atom.